The standard InChI is InChI=1S/C24H24ClFN4O/c1-14(15-5-6-15)28-23-19-4-2-3-18(16-9-11-27-12-10-16)22(19)29-24(30-23)31-17-7-8-21(26)20(25)13-17/h2-4,7-9,13-15,27H,5-6,10-12H2,1H3,(H,28,29,30)/t14-/m1/s1. The predicted octanol–water partition coefficient (Wildman–Crippen LogP) is 5.80. The van der Waals surface area contributed by atoms with E-state index in [0.29, 0.717) is 17.7 Å². The maximum Gasteiger partial charge on any atom is 0.324 e. The van der Waals surface area contributed by atoms with Gasteiger partial charge in [-0.25, -0.2) is 4.39 Å². The van der Waals surface area contributed by atoms with E-state index < -0.39 is 5.82 Å². The highest BCUT2D eigenvalue weighted by Crippen LogP contribution is 2.37. The Morgan fingerprint density at radius 2 is 2.10 bits per heavy atom. The largest absolute Gasteiger partial charge is 0.424 e. The van der Waals surface area contributed by atoms with Gasteiger partial charge >= 0.3 is 6.01 Å². The van der Waals surface area contributed by atoms with E-state index in [1.54, 1.807) is 0 Å². The Morgan fingerprint density at radius 3 is 2.84 bits per heavy atom. The van der Waals surface area contributed by atoms with Crippen LogP contribution in [-0.4, -0.2) is 29.1 Å². The lowest BCUT2D eigenvalue weighted by molar-refractivity contribution is 0.443. The smallest absolute Gasteiger partial charge is 0.324 e. The quantitative estimate of drug-likeness (QED) is 0.509. The highest BCUT2D eigenvalue weighted by atomic mass is 35.5. The van der Waals surface area contributed by atoms with Crippen LogP contribution in [0.2, 0.25) is 5.02 Å². The second kappa shape index (κ2) is 8.44. The molecule has 1 aliphatic carbocycles. The molecule has 0 amide bonds. The molecule has 2 aliphatic rings. The summed E-state index contributed by atoms with van der Waals surface area (Å²) in [5, 5.41) is 7.89. The molecule has 0 unspecified atom stereocenters. The zero-order valence-corrected chi connectivity index (χ0v) is 18.0. The molecule has 2 aromatic carbocycles. The van der Waals surface area contributed by atoms with Gasteiger partial charge in [-0.15, -0.1) is 0 Å². The number of para-hydroxylation sites is 1. The lowest BCUT2D eigenvalue weighted by Crippen LogP contribution is -2.20. The molecule has 1 aliphatic heterocycles. The van der Waals surface area contributed by atoms with Crippen molar-refractivity contribution in [2.24, 2.45) is 5.92 Å². The number of ether oxygens (including phenoxy) is 1. The molecule has 0 bridgehead atoms. The van der Waals surface area contributed by atoms with Gasteiger partial charge in [-0.05, 0) is 62.4 Å². The number of nitrogens with zero attached hydrogens (tertiary/aromatic N) is 2. The van der Waals surface area contributed by atoms with Crippen LogP contribution < -0.4 is 15.4 Å². The number of anilines is 1. The number of halogens is 2. The Labute approximate surface area is 185 Å². The van der Waals surface area contributed by atoms with E-state index in [4.69, 9.17) is 21.3 Å². The second-order valence-corrected chi connectivity index (χ2v) is 8.60. The van der Waals surface area contributed by atoms with Gasteiger partial charge in [-0.2, -0.15) is 9.97 Å². The minimum atomic E-state index is -0.491. The van der Waals surface area contributed by atoms with Crippen molar-refractivity contribution >= 4 is 33.9 Å². The van der Waals surface area contributed by atoms with Crippen LogP contribution in [0.4, 0.5) is 10.2 Å². The molecule has 7 heteroatoms. The SMILES string of the molecule is C[C@@H](Nc1nc(Oc2ccc(F)c(Cl)c2)nc2c(C3=CCNCC3)cccc12)C1CC1. The topological polar surface area (TPSA) is 59.1 Å². The summed E-state index contributed by atoms with van der Waals surface area (Å²) in [6.07, 6.45) is 5.62. The van der Waals surface area contributed by atoms with Gasteiger partial charge < -0.3 is 15.4 Å². The maximum atomic E-state index is 13.6. The van der Waals surface area contributed by atoms with Crippen LogP contribution in [0.25, 0.3) is 16.5 Å². The molecule has 0 radical (unpaired) electrons. The molecule has 0 spiro atoms. The van der Waals surface area contributed by atoms with E-state index in [0.717, 1.165) is 41.8 Å². The minimum Gasteiger partial charge on any atom is -0.424 e. The van der Waals surface area contributed by atoms with Crippen molar-refractivity contribution in [1.82, 2.24) is 15.3 Å². The first-order valence-electron chi connectivity index (χ1n) is 10.7. The molecule has 2 N–H and O–H groups in total. The van der Waals surface area contributed by atoms with Crippen LogP contribution in [-0.2, 0) is 0 Å². The minimum absolute atomic E-state index is 0.000423. The van der Waals surface area contributed by atoms with E-state index in [2.05, 4.69) is 40.8 Å². The average Bonchev–Trinajstić information content (AvgIpc) is 3.62. The van der Waals surface area contributed by atoms with E-state index in [9.17, 15) is 4.39 Å². The fraction of sp³-hybridized carbons (Fsp3) is 0.333. The summed E-state index contributed by atoms with van der Waals surface area (Å²) < 4.78 is 19.5. The van der Waals surface area contributed by atoms with Crippen LogP contribution in [0.15, 0.2) is 42.5 Å². The maximum absolute atomic E-state index is 13.6. The molecule has 1 atom stereocenters. The fourth-order valence-corrected chi connectivity index (χ4v) is 4.16. The summed E-state index contributed by atoms with van der Waals surface area (Å²) in [7, 11) is 0. The zero-order chi connectivity index (χ0) is 21.4. The van der Waals surface area contributed by atoms with E-state index in [-0.39, 0.29) is 11.0 Å². The summed E-state index contributed by atoms with van der Waals surface area (Å²) in [5.41, 5.74) is 3.20. The number of benzene rings is 2. The van der Waals surface area contributed by atoms with E-state index in [1.165, 1.54) is 36.6 Å². The molecule has 3 aromatic rings. The van der Waals surface area contributed by atoms with E-state index >= 15 is 0 Å². The van der Waals surface area contributed by atoms with Gasteiger partial charge in [-0.1, -0.05) is 29.8 Å². The highest BCUT2D eigenvalue weighted by molar-refractivity contribution is 6.30. The molecule has 160 valence electrons. The lowest BCUT2D eigenvalue weighted by Gasteiger charge is -2.19. The Hall–Kier alpha value is -2.70. The number of aromatic nitrogens is 2. The molecule has 1 aromatic heterocycles. The molecule has 31 heavy (non-hydrogen) atoms. The van der Waals surface area contributed by atoms with Crippen molar-refractivity contribution < 1.29 is 9.13 Å². The first kappa shape index (κ1) is 20.2. The highest BCUT2D eigenvalue weighted by Gasteiger charge is 2.29. The van der Waals surface area contributed by atoms with Crippen molar-refractivity contribution in [3.8, 4) is 11.8 Å². The molecule has 0 saturated heterocycles. The molecule has 1 fully saturated rings. The number of nitrogens with one attached hydrogen (secondary N) is 2. The number of rotatable bonds is 6. The Bertz CT molecular complexity index is 1160. The van der Waals surface area contributed by atoms with Crippen molar-refractivity contribution in [2.45, 2.75) is 32.2 Å². The lowest BCUT2D eigenvalue weighted by atomic mass is 9.97. The Morgan fingerprint density at radius 1 is 1.23 bits per heavy atom. The van der Waals surface area contributed by atoms with Gasteiger partial charge in [0.2, 0.25) is 0 Å². The number of hydrogen-bond donors (Lipinski definition) is 2. The van der Waals surface area contributed by atoms with Crippen molar-refractivity contribution in [2.75, 3.05) is 18.4 Å². The first-order chi connectivity index (χ1) is 15.1. The Balaban J connectivity index is 1.60. The molecule has 1 saturated carbocycles. The fourth-order valence-electron chi connectivity index (χ4n) is 3.99. The van der Waals surface area contributed by atoms with Crippen molar-refractivity contribution in [3.63, 3.8) is 0 Å². The second-order valence-electron chi connectivity index (χ2n) is 8.19. The van der Waals surface area contributed by atoms with Crippen molar-refractivity contribution in [3.05, 3.63) is 58.9 Å². The van der Waals surface area contributed by atoms with Crippen molar-refractivity contribution in [1.29, 1.82) is 0 Å². The molecular weight excluding hydrogens is 415 g/mol. The molecular formula is C24H24ClFN4O. The number of hydrogen-bond acceptors (Lipinski definition) is 5. The third kappa shape index (κ3) is 4.36. The van der Waals surface area contributed by atoms with Gasteiger partial charge in [0.25, 0.3) is 0 Å². The average molecular weight is 439 g/mol. The summed E-state index contributed by atoms with van der Waals surface area (Å²) in [5.74, 6) is 1.32. The summed E-state index contributed by atoms with van der Waals surface area (Å²) in [6, 6.07) is 11.0. The zero-order valence-electron chi connectivity index (χ0n) is 17.3. The molecule has 2 heterocycles. The first-order valence-corrected chi connectivity index (χ1v) is 11.1. The Kier molecular flexibility index (Phi) is 5.50. The van der Waals surface area contributed by atoms with Crippen LogP contribution in [0.3, 0.4) is 0 Å². The summed E-state index contributed by atoms with van der Waals surface area (Å²) in [6.45, 7) is 3.97. The molecule has 5 nitrogen and oxygen atoms in total. The monoisotopic (exact) mass is 438 g/mol. The van der Waals surface area contributed by atoms with Gasteiger partial charge in [0.05, 0.1) is 10.5 Å². The van der Waals surface area contributed by atoms with Crippen LogP contribution in [0.5, 0.6) is 11.8 Å². The third-order valence-electron chi connectivity index (χ3n) is 5.91. The predicted molar refractivity (Wildman–Crippen MR) is 122 cm³/mol. The number of fused-ring (bicyclic) bond motifs is 1. The van der Waals surface area contributed by atoms with Crippen LogP contribution >= 0.6 is 11.6 Å². The van der Waals surface area contributed by atoms with Crippen LogP contribution in [0.1, 0.15) is 31.7 Å². The van der Waals surface area contributed by atoms with E-state index in [1.807, 2.05) is 6.07 Å². The molecule has 5 rings (SSSR count). The van der Waals surface area contributed by atoms with Gasteiger partial charge in [0.15, 0.2) is 0 Å². The normalized spacial score (nSPS) is 17.3. The summed E-state index contributed by atoms with van der Waals surface area (Å²) >= 11 is 5.92. The van der Waals surface area contributed by atoms with Gasteiger partial charge in [0.1, 0.15) is 17.4 Å². The summed E-state index contributed by atoms with van der Waals surface area (Å²) in [4.78, 5) is 9.43. The van der Waals surface area contributed by atoms with Crippen LogP contribution in [0, 0.1) is 11.7 Å². The van der Waals surface area contributed by atoms with Gasteiger partial charge in [0, 0.05) is 29.6 Å². The van der Waals surface area contributed by atoms with Gasteiger partial charge in [-0.3, -0.25) is 0 Å². The third-order valence-corrected chi connectivity index (χ3v) is 6.20.